The highest BCUT2D eigenvalue weighted by Crippen LogP contribution is 2.36. The first-order valence-corrected chi connectivity index (χ1v) is 13.1. The maximum absolute atomic E-state index is 15.5. The van der Waals surface area contributed by atoms with Gasteiger partial charge in [-0.05, 0) is 81.4 Å². The Morgan fingerprint density at radius 1 is 0.947 bits per heavy atom. The highest BCUT2D eigenvalue weighted by Gasteiger charge is 2.46. The van der Waals surface area contributed by atoms with E-state index in [0.29, 0.717) is 9.37 Å². The summed E-state index contributed by atoms with van der Waals surface area (Å²) in [7, 11) is 0. The fraction of sp³-hybridized carbons (Fsp3) is 0. The molecule has 190 valence electrons. The zero-order valence-electron chi connectivity index (χ0n) is 18.7. The number of carbonyl (C=O) groups is 2. The smallest absolute Gasteiger partial charge is 0.323 e. The van der Waals surface area contributed by atoms with Gasteiger partial charge in [0.15, 0.2) is 12.0 Å². The molecule has 1 aromatic heterocycles. The fourth-order valence-corrected chi connectivity index (χ4v) is 5.39. The molecule has 1 N–H and O–H groups in total. The van der Waals surface area contributed by atoms with E-state index >= 15 is 4.39 Å². The monoisotopic (exact) mass is 636 g/mol. The number of ketones is 1. The van der Waals surface area contributed by atoms with Crippen molar-refractivity contribution < 1.29 is 27.3 Å². The lowest BCUT2D eigenvalue weighted by Crippen LogP contribution is -2.40. The highest BCUT2D eigenvalue weighted by atomic mass is 79.9. The van der Waals surface area contributed by atoms with Crippen LogP contribution in [0.4, 0.5) is 24.7 Å². The number of benzene rings is 3. The molecule has 0 saturated carbocycles. The largest absolute Gasteiger partial charge is 0.349 e. The summed E-state index contributed by atoms with van der Waals surface area (Å²) in [6.07, 6.45) is 1.41. The molecule has 0 fully saturated rings. The van der Waals surface area contributed by atoms with E-state index in [9.17, 15) is 18.4 Å². The van der Waals surface area contributed by atoms with Gasteiger partial charge in [0.2, 0.25) is 11.5 Å². The predicted octanol–water partition coefficient (Wildman–Crippen LogP) is 7.86. The average molecular weight is 638 g/mol. The molecule has 0 radical (unpaired) electrons. The summed E-state index contributed by atoms with van der Waals surface area (Å²) in [6.45, 7) is 0. The van der Waals surface area contributed by atoms with Gasteiger partial charge in [-0.25, -0.2) is 18.0 Å². The third-order valence-corrected chi connectivity index (χ3v) is 7.39. The third-order valence-electron chi connectivity index (χ3n) is 5.51. The maximum Gasteiger partial charge on any atom is 0.349 e. The maximum atomic E-state index is 15.5. The molecule has 0 unspecified atom stereocenters. The van der Waals surface area contributed by atoms with E-state index in [-0.39, 0.29) is 38.4 Å². The lowest BCUT2D eigenvalue weighted by molar-refractivity contribution is -0.351. The van der Waals surface area contributed by atoms with Crippen molar-refractivity contribution in [2.45, 2.75) is 4.90 Å². The van der Waals surface area contributed by atoms with Crippen molar-refractivity contribution >= 4 is 80.0 Å². The van der Waals surface area contributed by atoms with Gasteiger partial charge in [0, 0.05) is 4.90 Å². The van der Waals surface area contributed by atoms with E-state index in [0.717, 1.165) is 28.7 Å². The molecule has 5 rings (SSSR count). The number of fused-ring (bicyclic) bond motifs is 1. The van der Waals surface area contributed by atoms with Gasteiger partial charge in [-0.3, -0.25) is 4.79 Å². The Hall–Kier alpha value is -3.18. The number of amides is 1. The predicted molar refractivity (Wildman–Crippen MR) is 143 cm³/mol. The van der Waals surface area contributed by atoms with Gasteiger partial charge in [0.1, 0.15) is 28.3 Å². The quantitative estimate of drug-likeness (QED) is 0.133. The molecule has 0 aliphatic carbocycles. The first-order valence-electron chi connectivity index (χ1n) is 10.7. The van der Waals surface area contributed by atoms with Crippen LogP contribution in [0.5, 0.6) is 0 Å². The van der Waals surface area contributed by atoms with Crippen LogP contribution in [0.25, 0.3) is 0 Å². The molecule has 0 saturated heterocycles. The molecular formula is C26H12BrCl2F3N3O2S+. The van der Waals surface area contributed by atoms with E-state index in [1.54, 1.807) is 12.1 Å². The molecule has 38 heavy (non-hydrogen) atoms. The lowest BCUT2D eigenvalue weighted by atomic mass is 9.94. The number of anilines is 1. The van der Waals surface area contributed by atoms with Gasteiger partial charge < -0.3 is 4.72 Å². The van der Waals surface area contributed by atoms with E-state index < -0.39 is 34.7 Å². The van der Waals surface area contributed by atoms with Crippen molar-refractivity contribution in [3.63, 3.8) is 0 Å². The van der Waals surface area contributed by atoms with Crippen LogP contribution in [0.2, 0.25) is 10.0 Å². The summed E-state index contributed by atoms with van der Waals surface area (Å²) >= 11 is 16.5. The molecule has 1 aliphatic heterocycles. The summed E-state index contributed by atoms with van der Waals surface area (Å²) in [5, 5.41) is 0.0515. The Labute approximate surface area is 236 Å². The van der Waals surface area contributed by atoms with E-state index in [1.165, 1.54) is 42.6 Å². The minimum absolute atomic E-state index is 0.0257. The Bertz CT molecular complexity index is 1680. The minimum Gasteiger partial charge on any atom is -0.323 e. The first-order chi connectivity index (χ1) is 18.2. The molecule has 0 atom stereocenters. The van der Waals surface area contributed by atoms with Crippen molar-refractivity contribution in [2.75, 3.05) is 4.72 Å². The van der Waals surface area contributed by atoms with Gasteiger partial charge in [0.25, 0.3) is 0 Å². The van der Waals surface area contributed by atoms with E-state index in [2.05, 4.69) is 25.6 Å². The number of hydrogen-bond acceptors (Lipinski definition) is 5. The summed E-state index contributed by atoms with van der Waals surface area (Å²) < 4.78 is 48.0. The molecular weight excluding hydrogens is 626 g/mol. The highest BCUT2D eigenvalue weighted by molar-refractivity contribution is 9.10. The summed E-state index contributed by atoms with van der Waals surface area (Å²) in [6, 6.07) is 13.5. The molecule has 5 nitrogen and oxygen atoms in total. The van der Waals surface area contributed by atoms with Gasteiger partial charge in [-0.2, -0.15) is 0 Å². The zero-order valence-corrected chi connectivity index (χ0v) is 22.7. The van der Waals surface area contributed by atoms with Crippen LogP contribution in [0.15, 0.2) is 76.2 Å². The second-order valence-electron chi connectivity index (χ2n) is 7.89. The number of rotatable bonds is 6. The van der Waals surface area contributed by atoms with Gasteiger partial charge in [0.05, 0.1) is 20.2 Å². The minimum atomic E-state index is -1.19. The van der Waals surface area contributed by atoms with E-state index in [1.807, 2.05) is 0 Å². The molecule has 0 bridgehead atoms. The van der Waals surface area contributed by atoms with Crippen LogP contribution in [-0.4, -0.2) is 27.0 Å². The molecule has 1 aliphatic rings. The average Bonchev–Trinajstić information content (AvgIpc) is 2.85. The Morgan fingerprint density at radius 3 is 2.37 bits per heavy atom. The molecule has 2 heterocycles. The van der Waals surface area contributed by atoms with Crippen molar-refractivity contribution in [3.8, 4) is 0 Å². The van der Waals surface area contributed by atoms with Crippen molar-refractivity contribution in [1.29, 1.82) is 0 Å². The molecule has 0 spiro atoms. The van der Waals surface area contributed by atoms with Crippen LogP contribution < -0.4 is 4.72 Å². The number of hydrogen-bond donors (Lipinski definition) is 1. The van der Waals surface area contributed by atoms with Gasteiger partial charge >= 0.3 is 11.7 Å². The van der Waals surface area contributed by atoms with Crippen molar-refractivity contribution in [1.82, 2.24) is 4.98 Å². The van der Waals surface area contributed by atoms with Crippen LogP contribution in [0, 0.1) is 17.5 Å². The van der Waals surface area contributed by atoms with Gasteiger partial charge in [-0.15, -0.1) is 4.58 Å². The summed E-state index contributed by atoms with van der Waals surface area (Å²) in [4.78, 5) is 31.7. The number of nitrogens with one attached hydrogen (secondary N) is 1. The summed E-state index contributed by atoms with van der Waals surface area (Å²) in [5.74, 6) is -4.61. The number of pyridine rings is 1. The van der Waals surface area contributed by atoms with Crippen LogP contribution in [0.1, 0.15) is 26.3 Å². The Balaban J connectivity index is 1.58. The Kier molecular flexibility index (Phi) is 7.32. The number of halogens is 6. The van der Waals surface area contributed by atoms with Crippen LogP contribution in [-0.2, 0) is 0 Å². The van der Waals surface area contributed by atoms with Crippen LogP contribution in [0.3, 0.4) is 0 Å². The number of aromatic nitrogens is 1. The topological polar surface area (TPSA) is 62.1 Å². The molecule has 12 heteroatoms. The standard InChI is InChI=1S/C26H12BrCl2F3N3O2S/c27-12-9-15-23(35(25(15)33-11-12)26(37)20-16(28)5-2-6-17(20)29)24(36)21-18(31)7-8-19(22(21)32)34-38-14-4-1-3-13(30)10-14/h1-11,34H/q+1. The fourth-order valence-electron chi connectivity index (χ4n) is 3.80. The lowest BCUT2D eigenvalue weighted by Gasteiger charge is -2.20. The first kappa shape index (κ1) is 26.4. The van der Waals surface area contributed by atoms with Crippen LogP contribution >= 0.6 is 51.1 Å². The number of Topliss-reactive ketones (excluding diaryl/α,β-unsaturated/α-hetero) is 1. The molecule has 3 aromatic carbocycles. The zero-order chi connectivity index (χ0) is 27.1. The Morgan fingerprint density at radius 2 is 1.66 bits per heavy atom. The van der Waals surface area contributed by atoms with Crippen molar-refractivity contribution in [3.05, 3.63) is 116 Å². The third kappa shape index (κ3) is 4.73. The second-order valence-corrected chi connectivity index (χ2v) is 10.5. The van der Waals surface area contributed by atoms with E-state index in [4.69, 9.17) is 23.2 Å². The molecule has 4 aromatic rings. The molecule has 1 amide bonds. The second kappa shape index (κ2) is 10.5. The SMILES string of the molecule is O=C(C1=[N+](C(=O)c2c(Cl)cccc2Cl)c2ncc(Br)cc21)c1c(F)ccc(NSc2cccc(F)c2)c1F. The van der Waals surface area contributed by atoms with Crippen molar-refractivity contribution in [2.24, 2.45) is 0 Å². The summed E-state index contributed by atoms with van der Waals surface area (Å²) in [5.41, 5.74) is -1.31. The van der Waals surface area contributed by atoms with Gasteiger partial charge in [-0.1, -0.05) is 35.3 Å². The number of nitrogens with zero attached hydrogens (tertiary/aromatic N) is 2. The number of carbonyl (C=O) groups excluding carboxylic acids is 2. The normalized spacial score (nSPS) is 12.2.